The molecule has 0 fully saturated rings. The molecule has 0 aliphatic heterocycles. The minimum atomic E-state index is -0.356. The Bertz CT molecular complexity index is 935. The summed E-state index contributed by atoms with van der Waals surface area (Å²) in [4.78, 5) is 26.1. The molecule has 0 radical (unpaired) electrons. The zero-order valence-corrected chi connectivity index (χ0v) is 19.0. The van der Waals surface area contributed by atoms with Gasteiger partial charge in [-0.1, -0.05) is 13.8 Å². The number of thiocarbonyl (C=S) groups is 1. The van der Waals surface area contributed by atoms with Gasteiger partial charge >= 0.3 is 5.97 Å². The SMILES string of the molecule is CCOC(=O)c1c(NC(=S)NC(=O)c2ccc(OCC(C)C)cc2)sc2c1CCC2. The Morgan fingerprint density at radius 1 is 1.20 bits per heavy atom. The van der Waals surface area contributed by atoms with Gasteiger partial charge in [0, 0.05) is 10.4 Å². The Balaban J connectivity index is 1.64. The number of hydrogen-bond acceptors (Lipinski definition) is 6. The molecular weight excluding hydrogens is 420 g/mol. The van der Waals surface area contributed by atoms with E-state index in [1.807, 2.05) is 0 Å². The Labute approximate surface area is 186 Å². The fourth-order valence-electron chi connectivity index (χ4n) is 3.19. The second kappa shape index (κ2) is 10.0. The van der Waals surface area contributed by atoms with Crippen LogP contribution in [0.25, 0.3) is 0 Å². The van der Waals surface area contributed by atoms with Crippen molar-refractivity contribution < 1.29 is 19.1 Å². The average Bonchev–Trinajstić information content (AvgIpc) is 3.27. The van der Waals surface area contributed by atoms with Gasteiger partial charge in [-0.3, -0.25) is 10.1 Å². The largest absolute Gasteiger partial charge is 0.493 e. The van der Waals surface area contributed by atoms with Crippen LogP contribution in [0, 0.1) is 5.92 Å². The second-order valence-electron chi connectivity index (χ2n) is 7.42. The van der Waals surface area contributed by atoms with Crippen LogP contribution in [0.1, 0.15) is 58.3 Å². The summed E-state index contributed by atoms with van der Waals surface area (Å²) < 4.78 is 10.9. The van der Waals surface area contributed by atoms with Crippen LogP contribution in [-0.2, 0) is 17.6 Å². The highest BCUT2D eigenvalue weighted by Gasteiger charge is 2.28. The maximum atomic E-state index is 12.5. The van der Waals surface area contributed by atoms with E-state index in [2.05, 4.69) is 24.5 Å². The lowest BCUT2D eigenvalue weighted by molar-refractivity contribution is 0.0527. The van der Waals surface area contributed by atoms with Crippen molar-refractivity contribution in [3.05, 3.63) is 45.8 Å². The molecule has 1 amide bonds. The van der Waals surface area contributed by atoms with E-state index in [0.29, 0.717) is 41.0 Å². The normalized spacial score (nSPS) is 12.4. The van der Waals surface area contributed by atoms with Crippen LogP contribution in [-0.4, -0.2) is 30.2 Å². The van der Waals surface area contributed by atoms with Gasteiger partial charge in [0.05, 0.1) is 18.8 Å². The Kier molecular flexibility index (Phi) is 7.44. The van der Waals surface area contributed by atoms with Crippen molar-refractivity contribution in [2.45, 2.75) is 40.0 Å². The van der Waals surface area contributed by atoms with Gasteiger partial charge in [-0.05, 0) is 74.2 Å². The number of carbonyl (C=O) groups is 2. The molecule has 1 heterocycles. The number of aryl methyl sites for hydroxylation is 1. The number of amides is 1. The number of nitrogens with one attached hydrogen (secondary N) is 2. The van der Waals surface area contributed by atoms with Crippen LogP contribution in [0.5, 0.6) is 5.75 Å². The predicted octanol–water partition coefficient (Wildman–Crippen LogP) is 4.58. The molecule has 2 N–H and O–H groups in total. The van der Waals surface area contributed by atoms with Crippen LogP contribution in [0.4, 0.5) is 5.00 Å². The molecule has 0 spiro atoms. The monoisotopic (exact) mass is 446 g/mol. The van der Waals surface area contributed by atoms with E-state index in [9.17, 15) is 9.59 Å². The number of hydrogen-bond donors (Lipinski definition) is 2. The molecule has 0 saturated carbocycles. The van der Waals surface area contributed by atoms with Crippen molar-refractivity contribution in [3.63, 3.8) is 0 Å². The fourth-order valence-corrected chi connectivity index (χ4v) is 4.73. The molecule has 8 heteroatoms. The molecule has 1 aliphatic rings. The van der Waals surface area contributed by atoms with Crippen molar-refractivity contribution in [3.8, 4) is 5.75 Å². The summed E-state index contributed by atoms with van der Waals surface area (Å²) in [6.07, 6.45) is 2.83. The first-order valence-electron chi connectivity index (χ1n) is 10.1. The summed E-state index contributed by atoms with van der Waals surface area (Å²) in [5, 5.41) is 6.46. The third-order valence-corrected chi connectivity index (χ3v) is 5.97. The molecule has 1 aliphatic carbocycles. The molecule has 30 heavy (non-hydrogen) atoms. The highest BCUT2D eigenvalue weighted by Crippen LogP contribution is 2.39. The Hall–Kier alpha value is -2.45. The smallest absolute Gasteiger partial charge is 0.341 e. The number of ether oxygens (including phenoxy) is 2. The standard InChI is InChI=1S/C22H26N2O4S2/c1-4-27-21(26)18-16-6-5-7-17(16)30-20(18)24-22(29)23-19(25)14-8-10-15(11-9-14)28-12-13(2)3/h8-11,13H,4-7,12H2,1-3H3,(H2,23,24,25,29). The summed E-state index contributed by atoms with van der Waals surface area (Å²) >= 11 is 6.81. The van der Waals surface area contributed by atoms with Gasteiger partial charge in [0.1, 0.15) is 10.8 Å². The molecule has 0 unspecified atom stereocenters. The fraction of sp³-hybridized carbons (Fsp3) is 0.409. The first kappa shape index (κ1) is 22.2. The minimum absolute atomic E-state index is 0.144. The lowest BCUT2D eigenvalue weighted by Crippen LogP contribution is -2.34. The van der Waals surface area contributed by atoms with E-state index in [1.165, 1.54) is 16.2 Å². The topological polar surface area (TPSA) is 76.7 Å². The molecular formula is C22H26N2O4S2. The van der Waals surface area contributed by atoms with Crippen LogP contribution in [0.3, 0.4) is 0 Å². The van der Waals surface area contributed by atoms with Crippen molar-refractivity contribution in [1.82, 2.24) is 5.32 Å². The van der Waals surface area contributed by atoms with E-state index in [4.69, 9.17) is 21.7 Å². The van der Waals surface area contributed by atoms with Crippen LogP contribution < -0.4 is 15.4 Å². The third kappa shape index (κ3) is 5.37. The Morgan fingerprint density at radius 2 is 1.93 bits per heavy atom. The van der Waals surface area contributed by atoms with Gasteiger partial charge in [0.25, 0.3) is 5.91 Å². The molecule has 0 saturated heterocycles. The number of benzene rings is 1. The van der Waals surface area contributed by atoms with Gasteiger partial charge in [-0.25, -0.2) is 4.79 Å². The van der Waals surface area contributed by atoms with Crippen molar-refractivity contribution in [2.24, 2.45) is 5.92 Å². The number of rotatable bonds is 7. The number of thiophene rings is 1. The molecule has 2 aromatic rings. The van der Waals surface area contributed by atoms with Gasteiger partial charge in [0.2, 0.25) is 0 Å². The zero-order valence-electron chi connectivity index (χ0n) is 17.4. The first-order chi connectivity index (χ1) is 14.4. The second-order valence-corrected chi connectivity index (χ2v) is 8.93. The summed E-state index contributed by atoms with van der Waals surface area (Å²) in [6.45, 7) is 6.85. The van der Waals surface area contributed by atoms with Gasteiger partial charge in [-0.2, -0.15) is 0 Å². The minimum Gasteiger partial charge on any atom is -0.493 e. The third-order valence-electron chi connectivity index (χ3n) is 4.55. The van der Waals surface area contributed by atoms with Gasteiger partial charge in [0.15, 0.2) is 5.11 Å². The predicted molar refractivity (Wildman–Crippen MR) is 123 cm³/mol. The lowest BCUT2D eigenvalue weighted by atomic mass is 10.1. The summed E-state index contributed by atoms with van der Waals surface area (Å²) in [5.74, 6) is 0.456. The van der Waals surface area contributed by atoms with Crippen molar-refractivity contribution in [1.29, 1.82) is 0 Å². The van der Waals surface area contributed by atoms with E-state index < -0.39 is 0 Å². The summed E-state index contributed by atoms with van der Waals surface area (Å²) in [6, 6.07) is 6.90. The number of fused-ring (bicyclic) bond motifs is 1. The maximum Gasteiger partial charge on any atom is 0.341 e. The molecule has 160 valence electrons. The summed E-state index contributed by atoms with van der Waals surface area (Å²) in [5.41, 5.74) is 2.04. The quantitative estimate of drug-likeness (QED) is 0.479. The molecule has 0 atom stereocenters. The van der Waals surface area contributed by atoms with E-state index in [0.717, 1.165) is 24.8 Å². The van der Waals surface area contributed by atoms with Crippen molar-refractivity contribution >= 4 is 45.5 Å². The lowest BCUT2D eigenvalue weighted by Gasteiger charge is -2.12. The van der Waals surface area contributed by atoms with Crippen LogP contribution >= 0.6 is 23.6 Å². The molecule has 0 bridgehead atoms. The summed E-state index contributed by atoms with van der Waals surface area (Å²) in [7, 11) is 0. The van der Waals surface area contributed by atoms with Gasteiger partial charge < -0.3 is 14.8 Å². The molecule has 3 rings (SSSR count). The van der Waals surface area contributed by atoms with Crippen molar-refractivity contribution in [2.75, 3.05) is 18.5 Å². The molecule has 6 nitrogen and oxygen atoms in total. The van der Waals surface area contributed by atoms with E-state index in [-0.39, 0.29) is 17.0 Å². The number of carbonyl (C=O) groups excluding carboxylic acids is 2. The Morgan fingerprint density at radius 3 is 2.60 bits per heavy atom. The highest BCUT2D eigenvalue weighted by molar-refractivity contribution is 7.80. The van der Waals surface area contributed by atoms with Crippen LogP contribution in [0.15, 0.2) is 24.3 Å². The van der Waals surface area contributed by atoms with Gasteiger partial charge in [-0.15, -0.1) is 11.3 Å². The molecule has 1 aromatic heterocycles. The first-order valence-corrected chi connectivity index (χ1v) is 11.3. The van der Waals surface area contributed by atoms with E-state index >= 15 is 0 Å². The zero-order chi connectivity index (χ0) is 21.7. The number of anilines is 1. The van der Waals surface area contributed by atoms with E-state index in [1.54, 1.807) is 31.2 Å². The van der Waals surface area contributed by atoms with Crippen LogP contribution in [0.2, 0.25) is 0 Å². The molecule has 1 aromatic carbocycles. The average molecular weight is 447 g/mol. The number of esters is 1. The highest BCUT2D eigenvalue weighted by atomic mass is 32.1. The maximum absolute atomic E-state index is 12.5.